The van der Waals surface area contributed by atoms with Gasteiger partial charge in [-0.15, -0.1) is 0 Å². The lowest BCUT2D eigenvalue weighted by Crippen LogP contribution is -2.00. The third-order valence-electron chi connectivity index (χ3n) is 2.29. The second-order valence-corrected chi connectivity index (χ2v) is 3.53. The Balaban J connectivity index is 1.95. The van der Waals surface area contributed by atoms with Crippen LogP contribution in [0.3, 0.4) is 0 Å². The fraction of sp³-hybridized carbons (Fsp3) is 0.154. The number of hydrogen-bond donors (Lipinski definition) is 0. The van der Waals surface area contributed by atoms with E-state index in [-0.39, 0.29) is 0 Å². The van der Waals surface area contributed by atoms with Crippen molar-refractivity contribution >= 4 is 6.29 Å². The lowest BCUT2D eigenvalue weighted by Gasteiger charge is -2.05. The van der Waals surface area contributed by atoms with Crippen LogP contribution in [0.4, 0.5) is 0 Å². The van der Waals surface area contributed by atoms with Crippen molar-refractivity contribution in [3.8, 4) is 11.6 Å². The van der Waals surface area contributed by atoms with E-state index in [4.69, 9.17) is 9.47 Å². The van der Waals surface area contributed by atoms with Crippen molar-refractivity contribution < 1.29 is 14.3 Å². The summed E-state index contributed by atoms with van der Waals surface area (Å²) in [6.07, 6.45) is 3.92. The minimum absolute atomic E-state index is 0.317. The average Bonchev–Trinajstić information content (AvgIpc) is 2.46. The quantitative estimate of drug-likeness (QED) is 0.751. The van der Waals surface area contributed by atoms with Crippen LogP contribution >= 0.6 is 0 Å². The molecule has 1 aromatic heterocycles. The summed E-state index contributed by atoms with van der Waals surface area (Å²) in [5.41, 5.74) is 1.32. The van der Waals surface area contributed by atoms with Gasteiger partial charge >= 0.3 is 0 Å². The summed E-state index contributed by atoms with van der Waals surface area (Å²) in [4.78, 5) is 18.6. The highest BCUT2D eigenvalue weighted by molar-refractivity contribution is 5.74. The van der Waals surface area contributed by atoms with Gasteiger partial charge in [-0.25, -0.2) is 4.98 Å². The number of hydrogen-bond acceptors (Lipinski definition) is 5. The van der Waals surface area contributed by atoms with Crippen molar-refractivity contribution in [1.82, 2.24) is 9.97 Å². The first-order valence-electron chi connectivity index (χ1n) is 5.35. The third-order valence-corrected chi connectivity index (χ3v) is 2.29. The van der Waals surface area contributed by atoms with Crippen molar-refractivity contribution in [2.24, 2.45) is 0 Å². The van der Waals surface area contributed by atoms with E-state index in [1.54, 1.807) is 30.5 Å². The molecule has 0 radical (unpaired) electrons. The molecule has 5 heteroatoms. The Morgan fingerprint density at radius 2 is 1.94 bits per heavy atom. The summed E-state index contributed by atoms with van der Waals surface area (Å²) in [5, 5.41) is 0. The fourth-order valence-corrected chi connectivity index (χ4v) is 1.32. The lowest BCUT2D eigenvalue weighted by molar-refractivity contribution is 0.112. The minimum atomic E-state index is 0.317. The van der Waals surface area contributed by atoms with Crippen LogP contribution in [-0.4, -0.2) is 23.4 Å². The van der Waals surface area contributed by atoms with E-state index in [0.717, 1.165) is 6.29 Å². The second kappa shape index (κ2) is 5.77. The molecule has 0 spiro atoms. The SMILES string of the molecule is COc1cnc(COc2ccc(C=O)cc2)cn1. The summed E-state index contributed by atoms with van der Waals surface area (Å²) in [6.45, 7) is 0.317. The second-order valence-electron chi connectivity index (χ2n) is 3.53. The van der Waals surface area contributed by atoms with E-state index < -0.39 is 0 Å². The van der Waals surface area contributed by atoms with Gasteiger partial charge in [-0.05, 0) is 24.3 Å². The van der Waals surface area contributed by atoms with Gasteiger partial charge in [0.1, 0.15) is 18.6 Å². The van der Waals surface area contributed by atoms with E-state index in [1.165, 1.54) is 13.3 Å². The van der Waals surface area contributed by atoms with Crippen molar-refractivity contribution in [2.45, 2.75) is 6.61 Å². The Bertz CT molecular complexity index is 509. The number of methoxy groups -OCH3 is 1. The highest BCUT2D eigenvalue weighted by atomic mass is 16.5. The number of aromatic nitrogens is 2. The molecule has 0 saturated heterocycles. The molecule has 0 bridgehead atoms. The molecule has 0 aliphatic rings. The maximum absolute atomic E-state index is 10.5. The summed E-state index contributed by atoms with van der Waals surface area (Å²) in [7, 11) is 1.54. The van der Waals surface area contributed by atoms with Crippen molar-refractivity contribution in [2.75, 3.05) is 7.11 Å². The molecule has 0 aliphatic carbocycles. The Morgan fingerprint density at radius 3 is 2.50 bits per heavy atom. The van der Waals surface area contributed by atoms with Crippen molar-refractivity contribution in [3.05, 3.63) is 47.9 Å². The van der Waals surface area contributed by atoms with Crippen LogP contribution in [-0.2, 0) is 6.61 Å². The summed E-state index contributed by atoms with van der Waals surface area (Å²) >= 11 is 0. The van der Waals surface area contributed by atoms with Crippen LogP contribution in [0.15, 0.2) is 36.7 Å². The van der Waals surface area contributed by atoms with Crippen LogP contribution in [0.1, 0.15) is 16.1 Å². The van der Waals surface area contributed by atoms with Gasteiger partial charge in [0.05, 0.1) is 25.2 Å². The van der Waals surface area contributed by atoms with E-state index >= 15 is 0 Å². The molecule has 0 amide bonds. The predicted molar refractivity (Wildman–Crippen MR) is 64.7 cm³/mol. The van der Waals surface area contributed by atoms with Gasteiger partial charge in [-0.2, -0.15) is 0 Å². The first-order chi connectivity index (χ1) is 8.81. The van der Waals surface area contributed by atoms with E-state index in [1.807, 2.05) is 0 Å². The predicted octanol–water partition coefficient (Wildman–Crippen LogP) is 1.88. The number of ether oxygens (including phenoxy) is 2. The maximum Gasteiger partial charge on any atom is 0.231 e. The van der Waals surface area contributed by atoms with Crippen molar-refractivity contribution in [1.29, 1.82) is 0 Å². The number of rotatable bonds is 5. The monoisotopic (exact) mass is 244 g/mol. The molecule has 0 atom stereocenters. The molecule has 5 nitrogen and oxygen atoms in total. The van der Waals surface area contributed by atoms with E-state index in [0.29, 0.717) is 29.5 Å². The number of benzene rings is 1. The van der Waals surface area contributed by atoms with Gasteiger partial charge in [-0.3, -0.25) is 9.78 Å². The minimum Gasteiger partial charge on any atom is -0.487 e. The van der Waals surface area contributed by atoms with E-state index in [2.05, 4.69) is 9.97 Å². The molecule has 0 unspecified atom stereocenters. The molecule has 0 aliphatic heterocycles. The van der Waals surface area contributed by atoms with Gasteiger partial charge in [0.25, 0.3) is 0 Å². The lowest BCUT2D eigenvalue weighted by atomic mass is 10.2. The van der Waals surface area contributed by atoms with Gasteiger partial charge in [0, 0.05) is 5.56 Å². The average molecular weight is 244 g/mol. The summed E-state index contributed by atoms with van der Waals surface area (Å²) < 4.78 is 10.4. The van der Waals surface area contributed by atoms with Gasteiger partial charge in [0.2, 0.25) is 5.88 Å². The molecule has 2 aromatic rings. The molecule has 0 fully saturated rings. The molecule has 92 valence electrons. The summed E-state index contributed by atoms with van der Waals surface area (Å²) in [5.74, 6) is 1.15. The molecular formula is C13H12N2O3. The molecule has 0 N–H and O–H groups in total. The standard InChI is InChI=1S/C13H12N2O3/c1-17-13-7-14-11(6-15-13)9-18-12-4-2-10(8-16)3-5-12/h2-8H,9H2,1H3. The Kier molecular flexibility index (Phi) is 3.86. The zero-order chi connectivity index (χ0) is 12.8. The topological polar surface area (TPSA) is 61.3 Å². The Labute approximate surface area is 104 Å². The number of nitrogens with zero attached hydrogens (tertiary/aromatic N) is 2. The molecule has 1 heterocycles. The molecule has 2 rings (SSSR count). The maximum atomic E-state index is 10.5. The highest BCUT2D eigenvalue weighted by Gasteiger charge is 1.99. The molecule has 0 saturated carbocycles. The first kappa shape index (κ1) is 12.0. The van der Waals surface area contributed by atoms with Crippen LogP contribution in [0.25, 0.3) is 0 Å². The molecule has 18 heavy (non-hydrogen) atoms. The highest BCUT2D eigenvalue weighted by Crippen LogP contribution is 2.13. The van der Waals surface area contributed by atoms with Gasteiger partial charge < -0.3 is 9.47 Å². The third kappa shape index (κ3) is 3.04. The molecule has 1 aromatic carbocycles. The zero-order valence-corrected chi connectivity index (χ0v) is 9.87. The van der Waals surface area contributed by atoms with E-state index in [9.17, 15) is 4.79 Å². The van der Waals surface area contributed by atoms with Gasteiger partial charge in [0.15, 0.2) is 0 Å². The largest absolute Gasteiger partial charge is 0.487 e. The number of aldehydes is 1. The zero-order valence-electron chi connectivity index (χ0n) is 9.87. The number of carbonyl (C=O) groups is 1. The first-order valence-corrected chi connectivity index (χ1v) is 5.35. The van der Waals surface area contributed by atoms with Crippen LogP contribution < -0.4 is 9.47 Å². The normalized spacial score (nSPS) is 9.83. The summed E-state index contributed by atoms with van der Waals surface area (Å²) in [6, 6.07) is 6.87. The number of carbonyl (C=O) groups excluding carboxylic acids is 1. The smallest absolute Gasteiger partial charge is 0.231 e. The van der Waals surface area contributed by atoms with Gasteiger partial charge in [-0.1, -0.05) is 0 Å². The Hall–Kier alpha value is -2.43. The Morgan fingerprint density at radius 1 is 1.17 bits per heavy atom. The van der Waals surface area contributed by atoms with Crippen LogP contribution in [0, 0.1) is 0 Å². The van der Waals surface area contributed by atoms with Crippen LogP contribution in [0.2, 0.25) is 0 Å². The van der Waals surface area contributed by atoms with Crippen LogP contribution in [0.5, 0.6) is 11.6 Å². The fourth-order valence-electron chi connectivity index (χ4n) is 1.32. The van der Waals surface area contributed by atoms with Crippen molar-refractivity contribution in [3.63, 3.8) is 0 Å². The molecular weight excluding hydrogens is 232 g/mol.